The molecule has 0 radical (unpaired) electrons. The van der Waals surface area contributed by atoms with Crippen LogP contribution in [0.4, 0.5) is 4.79 Å². The number of hydrogen-bond donors (Lipinski definition) is 3. The van der Waals surface area contributed by atoms with Crippen LogP contribution in [0.15, 0.2) is 0 Å². The summed E-state index contributed by atoms with van der Waals surface area (Å²) in [7, 11) is 0. The molecule has 0 spiro atoms. The second-order valence-electron chi connectivity index (χ2n) is 4.81. The molecule has 0 aromatic carbocycles. The molecule has 1 rings (SSSR count). The highest BCUT2D eigenvalue weighted by molar-refractivity contribution is 5.78. The number of carboxylic acids is 1. The first-order chi connectivity index (χ1) is 8.31. The first kappa shape index (κ1) is 14.3. The quantitative estimate of drug-likeness (QED) is 0.622. The van der Waals surface area contributed by atoms with Crippen LogP contribution in [0.2, 0.25) is 0 Å². The third-order valence-corrected chi connectivity index (χ3v) is 3.17. The molecule has 4 N–H and O–H groups in total. The number of nitrogens with zero attached hydrogens (tertiary/aromatic N) is 1. The van der Waals surface area contributed by atoms with Crippen LogP contribution in [0, 0.1) is 11.8 Å². The van der Waals surface area contributed by atoms with Crippen LogP contribution >= 0.6 is 0 Å². The molecule has 7 nitrogen and oxygen atoms in total. The molecule has 2 atom stereocenters. The van der Waals surface area contributed by atoms with E-state index in [1.54, 1.807) is 13.8 Å². The monoisotopic (exact) mass is 257 g/mol. The number of likely N-dealkylation sites (tertiary alicyclic amines) is 1. The summed E-state index contributed by atoms with van der Waals surface area (Å²) in [5.74, 6) is -1.76. The van der Waals surface area contributed by atoms with Crippen molar-refractivity contribution in [3.8, 4) is 0 Å². The van der Waals surface area contributed by atoms with Crippen molar-refractivity contribution in [2.75, 3.05) is 13.1 Å². The second kappa shape index (κ2) is 5.70. The molecule has 1 heterocycles. The molecule has 1 fully saturated rings. The minimum atomic E-state index is -0.845. The van der Waals surface area contributed by atoms with Gasteiger partial charge in [0.25, 0.3) is 0 Å². The van der Waals surface area contributed by atoms with Gasteiger partial charge in [-0.15, -0.1) is 0 Å². The second-order valence-corrected chi connectivity index (χ2v) is 4.81. The Morgan fingerprint density at radius 2 is 1.94 bits per heavy atom. The smallest absolute Gasteiger partial charge is 0.317 e. The molecule has 7 heteroatoms. The third kappa shape index (κ3) is 3.61. The Labute approximate surface area is 105 Å². The molecule has 1 aliphatic rings. The number of carbonyl (C=O) groups is 3. The zero-order valence-electron chi connectivity index (χ0n) is 10.5. The van der Waals surface area contributed by atoms with E-state index in [1.165, 1.54) is 4.90 Å². The molecule has 18 heavy (non-hydrogen) atoms. The number of amides is 3. The minimum Gasteiger partial charge on any atom is -0.481 e. The maximum Gasteiger partial charge on any atom is 0.317 e. The summed E-state index contributed by atoms with van der Waals surface area (Å²) in [5.41, 5.74) is 5.02. The Bertz CT molecular complexity index is 352. The number of carbonyl (C=O) groups excluding carboxylic acids is 2. The molecule has 0 aromatic rings. The van der Waals surface area contributed by atoms with Gasteiger partial charge in [-0.1, -0.05) is 6.92 Å². The average molecular weight is 257 g/mol. The number of nitrogens with two attached hydrogens (primary N) is 1. The van der Waals surface area contributed by atoms with Crippen molar-refractivity contribution in [2.24, 2.45) is 17.6 Å². The predicted molar refractivity (Wildman–Crippen MR) is 63.7 cm³/mol. The van der Waals surface area contributed by atoms with Gasteiger partial charge in [-0.25, -0.2) is 4.79 Å². The summed E-state index contributed by atoms with van der Waals surface area (Å²) < 4.78 is 0. The van der Waals surface area contributed by atoms with Crippen LogP contribution in [-0.4, -0.2) is 47.0 Å². The molecule has 1 saturated heterocycles. The molecular formula is C11H19N3O4. The lowest BCUT2D eigenvalue weighted by molar-refractivity contribution is -0.144. The van der Waals surface area contributed by atoms with Crippen LogP contribution in [0.25, 0.3) is 0 Å². The van der Waals surface area contributed by atoms with Crippen molar-refractivity contribution in [1.29, 1.82) is 0 Å². The van der Waals surface area contributed by atoms with Gasteiger partial charge in [0.1, 0.15) is 0 Å². The fraction of sp³-hybridized carbons (Fsp3) is 0.727. The molecule has 3 amide bonds. The average Bonchev–Trinajstić information content (AvgIpc) is 2.12. The third-order valence-electron chi connectivity index (χ3n) is 3.17. The summed E-state index contributed by atoms with van der Waals surface area (Å²) in [6.45, 7) is 4.20. The van der Waals surface area contributed by atoms with Crippen LogP contribution in [0.1, 0.15) is 20.3 Å². The van der Waals surface area contributed by atoms with Gasteiger partial charge in [0, 0.05) is 31.5 Å². The van der Waals surface area contributed by atoms with Crippen molar-refractivity contribution >= 4 is 17.9 Å². The molecule has 1 aliphatic heterocycles. The van der Waals surface area contributed by atoms with Crippen LogP contribution in [-0.2, 0) is 9.59 Å². The van der Waals surface area contributed by atoms with Gasteiger partial charge < -0.3 is 21.1 Å². The zero-order valence-corrected chi connectivity index (χ0v) is 10.5. The number of urea groups is 1. The van der Waals surface area contributed by atoms with Gasteiger partial charge in [-0.05, 0) is 6.92 Å². The van der Waals surface area contributed by atoms with Gasteiger partial charge in [0.15, 0.2) is 0 Å². The zero-order chi connectivity index (χ0) is 13.9. The van der Waals surface area contributed by atoms with Crippen molar-refractivity contribution in [3.05, 3.63) is 0 Å². The van der Waals surface area contributed by atoms with Crippen molar-refractivity contribution in [1.82, 2.24) is 10.2 Å². The van der Waals surface area contributed by atoms with E-state index in [2.05, 4.69) is 5.32 Å². The van der Waals surface area contributed by atoms with Gasteiger partial charge in [0.2, 0.25) is 5.91 Å². The Balaban J connectivity index is 2.31. The standard InChI is InChI=1S/C11H19N3O4/c1-6(3-9(12)15)13-11(18)14-4-8(5-14)7(2)10(16)17/h6-8H,3-5H2,1-2H3,(H2,12,15)(H,13,18)(H,16,17). The first-order valence-corrected chi connectivity index (χ1v) is 5.87. The van der Waals surface area contributed by atoms with Crippen LogP contribution < -0.4 is 11.1 Å². The van der Waals surface area contributed by atoms with Gasteiger partial charge in [-0.3, -0.25) is 9.59 Å². The number of hydrogen-bond acceptors (Lipinski definition) is 3. The predicted octanol–water partition coefficient (Wildman–Crippen LogP) is -0.388. The number of aliphatic carboxylic acids is 1. The Morgan fingerprint density at radius 1 is 1.39 bits per heavy atom. The van der Waals surface area contributed by atoms with E-state index in [-0.39, 0.29) is 24.4 Å². The van der Waals surface area contributed by atoms with Crippen LogP contribution in [0.5, 0.6) is 0 Å². The van der Waals surface area contributed by atoms with Crippen molar-refractivity contribution in [3.63, 3.8) is 0 Å². The molecule has 0 aliphatic carbocycles. The number of rotatable bonds is 5. The van der Waals surface area contributed by atoms with E-state index >= 15 is 0 Å². The highest BCUT2D eigenvalue weighted by atomic mass is 16.4. The summed E-state index contributed by atoms with van der Waals surface area (Å²) >= 11 is 0. The number of nitrogens with one attached hydrogen (secondary N) is 1. The lowest BCUT2D eigenvalue weighted by atomic mass is 9.87. The highest BCUT2D eigenvalue weighted by Crippen LogP contribution is 2.23. The first-order valence-electron chi connectivity index (χ1n) is 5.87. The van der Waals surface area contributed by atoms with Gasteiger partial charge in [0.05, 0.1) is 5.92 Å². The largest absolute Gasteiger partial charge is 0.481 e. The molecule has 0 aromatic heterocycles. The van der Waals surface area contributed by atoms with Crippen molar-refractivity contribution in [2.45, 2.75) is 26.3 Å². The minimum absolute atomic E-state index is 0.000281. The Morgan fingerprint density at radius 3 is 2.39 bits per heavy atom. The lowest BCUT2D eigenvalue weighted by Gasteiger charge is -2.41. The van der Waals surface area contributed by atoms with E-state index in [9.17, 15) is 14.4 Å². The normalized spacial score (nSPS) is 18.7. The van der Waals surface area contributed by atoms with Crippen molar-refractivity contribution < 1.29 is 19.5 Å². The van der Waals surface area contributed by atoms with Crippen LogP contribution in [0.3, 0.4) is 0 Å². The topological polar surface area (TPSA) is 113 Å². The highest BCUT2D eigenvalue weighted by Gasteiger charge is 2.37. The summed E-state index contributed by atoms with van der Waals surface area (Å²) in [6.07, 6.45) is 0.0918. The summed E-state index contributed by atoms with van der Waals surface area (Å²) in [4.78, 5) is 34.6. The lowest BCUT2D eigenvalue weighted by Crippen LogP contribution is -2.57. The maximum atomic E-state index is 11.7. The molecular weight excluding hydrogens is 238 g/mol. The molecule has 0 bridgehead atoms. The summed E-state index contributed by atoms with van der Waals surface area (Å²) in [6, 6.07) is -0.594. The van der Waals surface area contributed by atoms with Gasteiger partial charge >= 0.3 is 12.0 Å². The summed E-state index contributed by atoms with van der Waals surface area (Å²) in [5, 5.41) is 11.5. The molecule has 102 valence electrons. The van der Waals surface area contributed by atoms with E-state index in [4.69, 9.17) is 10.8 Å². The van der Waals surface area contributed by atoms with E-state index in [1.807, 2.05) is 0 Å². The maximum absolute atomic E-state index is 11.7. The fourth-order valence-corrected chi connectivity index (χ4v) is 1.85. The molecule has 0 saturated carbocycles. The van der Waals surface area contributed by atoms with E-state index in [0.717, 1.165) is 0 Å². The fourth-order valence-electron chi connectivity index (χ4n) is 1.85. The number of carboxylic acid groups (broad SMARTS) is 1. The number of primary amides is 1. The van der Waals surface area contributed by atoms with E-state index < -0.39 is 17.8 Å². The Hall–Kier alpha value is -1.79. The SMILES string of the molecule is CC(CC(N)=O)NC(=O)N1CC(C(C)C(=O)O)C1. The molecule has 2 unspecified atom stereocenters. The van der Waals surface area contributed by atoms with E-state index in [0.29, 0.717) is 13.1 Å². The Kier molecular flexibility index (Phi) is 4.52. The van der Waals surface area contributed by atoms with Gasteiger partial charge in [-0.2, -0.15) is 0 Å².